The normalized spacial score (nSPS) is 47.8. The topological polar surface area (TPSA) is 205 Å². The quantitative estimate of drug-likeness (QED) is 0.107. The first-order valence-electron chi connectivity index (χ1n) is 19.7. The molecule has 5 fully saturated rings. The number of rotatable bonds is 12. The van der Waals surface area contributed by atoms with Crippen LogP contribution < -0.4 is 16.4 Å². The van der Waals surface area contributed by atoms with Crippen molar-refractivity contribution in [3.8, 4) is 0 Å². The summed E-state index contributed by atoms with van der Waals surface area (Å²) in [5.41, 5.74) is 5.78. The Morgan fingerprint density at radius 2 is 1.75 bits per heavy atom. The number of nitrogens with two attached hydrogens (primary N) is 1. The fourth-order valence-corrected chi connectivity index (χ4v) is 11.0. The molecule has 6 aliphatic rings. The van der Waals surface area contributed by atoms with Crippen LogP contribution in [-0.4, -0.2) is 126 Å². The zero-order valence-corrected chi connectivity index (χ0v) is 30.6. The highest BCUT2D eigenvalue weighted by molar-refractivity contribution is 5.74. The van der Waals surface area contributed by atoms with Crippen LogP contribution in [0, 0.1) is 35.0 Å². The largest absolute Gasteiger partial charge is 0.481 e. The number of methoxy groups -OCH3 is 1. The molecule has 1 spiro atoms. The van der Waals surface area contributed by atoms with Crippen LogP contribution in [0.1, 0.15) is 90.4 Å². The van der Waals surface area contributed by atoms with Crippen LogP contribution in [0.2, 0.25) is 0 Å². The van der Waals surface area contributed by atoms with Crippen LogP contribution in [0.15, 0.2) is 12.2 Å². The van der Waals surface area contributed by atoms with E-state index in [-0.39, 0.29) is 60.9 Å². The minimum Gasteiger partial charge on any atom is -0.481 e. The Morgan fingerprint density at radius 3 is 2.49 bits per heavy atom. The summed E-state index contributed by atoms with van der Waals surface area (Å²) in [4.78, 5) is 12.8. The molecular formula is C38H65N3O10. The van der Waals surface area contributed by atoms with Crippen molar-refractivity contribution in [3.05, 3.63) is 12.2 Å². The molecule has 292 valence electrons. The smallest absolute Gasteiger partial charge is 0.311 e. The predicted octanol–water partition coefficient (Wildman–Crippen LogP) is 1.64. The molecule has 0 aromatic carbocycles. The first-order chi connectivity index (χ1) is 24.5. The highest BCUT2D eigenvalue weighted by atomic mass is 16.6. The molecule has 9 N–H and O–H groups in total. The molecule has 13 heteroatoms. The van der Waals surface area contributed by atoms with Gasteiger partial charge in [-0.3, -0.25) is 4.79 Å². The molecule has 17 atom stereocenters. The number of hydrogen-bond acceptors (Lipinski definition) is 12. The van der Waals surface area contributed by atoms with E-state index < -0.39 is 54.6 Å². The Balaban J connectivity index is 1.12. The zero-order valence-electron chi connectivity index (χ0n) is 30.6. The average molecular weight is 724 g/mol. The molecule has 0 amide bonds. The number of aliphatic carboxylic acids is 1. The number of carbonyl (C=O) groups is 1. The number of allylic oxidation sites excluding steroid dienone is 1. The van der Waals surface area contributed by atoms with Crippen molar-refractivity contribution in [2.45, 2.75) is 157 Å². The van der Waals surface area contributed by atoms with Gasteiger partial charge in [0.1, 0.15) is 12.9 Å². The van der Waals surface area contributed by atoms with Gasteiger partial charge in [0.25, 0.3) is 0 Å². The summed E-state index contributed by atoms with van der Waals surface area (Å²) in [7, 11) is 1.61. The van der Waals surface area contributed by atoms with Crippen molar-refractivity contribution in [1.29, 1.82) is 0 Å². The standard InChI is InChI=1S/C38H65N3O10/c1-21-9-11-38(27(6-7-28(38)37(46)47)23-10-12-40-35(39)16-23)34(41-21)19-49-33-15-24(14-32(48-2)36(33)45)30-18-25(43)17-26(51-30)5-3-22-4-8-29(44)31(13-22)50-20-42/h6-7,21-36,40-45H,3-5,8-20,39H2,1-2H3,(H,46,47). The maximum Gasteiger partial charge on any atom is 0.311 e. The van der Waals surface area contributed by atoms with Crippen molar-refractivity contribution >= 4 is 5.97 Å². The van der Waals surface area contributed by atoms with Gasteiger partial charge in [-0.15, -0.1) is 0 Å². The summed E-state index contributed by atoms with van der Waals surface area (Å²) in [5, 5.41) is 59.6. The van der Waals surface area contributed by atoms with Crippen LogP contribution in [-0.2, 0) is 23.7 Å². The van der Waals surface area contributed by atoms with E-state index in [4.69, 9.17) is 24.7 Å². The molecule has 0 radical (unpaired) electrons. The summed E-state index contributed by atoms with van der Waals surface area (Å²) < 4.78 is 24.6. The Morgan fingerprint density at radius 1 is 0.941 bits per heavy atom. The third-order valence-electron chi connectivity index (χ3n) is 13.7. The van der Waals surface area contributed by atoms with Gasteiger partial charge in [0.05, 0.1) is 61.4 Å². The third kappa shape index (κ3) is 8.85. The van der Waals surface area contributed by atoms with Crippen molar-refractivity contribution in [1.82, 2.24) is 10.6 Å². The van der Waals surface area contributed by atoms with Crippen molar-refractivity contribution in [2.75, 3.05) is 27.1 Å². The fourth-order valence-electron chi connectivity index (χ4n) is 11.0. The molecule has 0 bridgehead atoms. The lowest BCUT2D eigenvalue weighted by molar-refractivity contribution is -0.183. The van der Waals surface area contributed by atoms with E-state index in [1.807, 2.05) is 6.08 Å². The predicted molar refractivity (Wildman–Crippen MR) is 188 cm³/mol. The number of nitrogens with one attached hydrogen (secondary N) is 2. The Labute approximate surface area is 303 Å². The Hall–Kier alpha value is -1.23. The van der Waals surface area contributed by atoms with Gasteiger partial charge in [0, 0.05) is 24.6 Å². The molecule has 0 aromatic rings. The molecule has 6 rings (SSSR count). The van der Waals surface area contributed by atoms with E-state index in [1.54, 1.807) is 7.11 Å². The van der Waals surface area contributed by atoms with Gasteiger partial charge in [0.2, 0.25) is 0 Å². The lowest BCUT2D eigenvalue weighted by Gasteiger charge is -2.53. The van der Waals surface area contributed by atoms with Gasteiger partial charge in [-0.1, -0.05) is 12.2 Å². The number of piperidine rings is 2. The minimum atomic E-state index is -0.849. The number of aliphatic hydroxyl groups excluding tert-OH is 4. The minimum absolute atomic E-state index is 0.00375. The lowest BCUT2D eigenvalue weighted by atomic mass is 9.57. The maximum absolute atomic E-state index is 12.8. The van der Waals surface area contributed by atoms with Crippen molar-refractivity contribution in [3.63, 3.8) is 0 Å². The number of aliphatic hydroxyl groups is 4. The molecule has 13 nitrogen and oxygen atoms in total. The van der Waals surface area contributed by atoms with Gasteiger partial charge >= 0.3 is 5.97 Å². The summed E-state index contributed by atoms with van der Waals surface area (Å²) in [6.45, 7) is 2.82. The number of carboxylic acids is 1. The Bertz CT molecular complexity index is 1160. The van der Waals surface area contributed by atoms with Crippen molar-refractivity contribution in [2.24, 2.45) is 40.7 Å². The summed E-state index contributed by atoms with van der Waals surface area (Å²) in [6.07, 6.45) is 9.89. The van der Waals surface area contributed by atoms with E-state index >= 15 is 0 Å². The first-order valence-corrected chi connectivity index (χ1v) is 19.7. The first kappa shape index (κ1) is 39.5. The van der Waals surface area contributed by atoms with E-state index in [0.29, 0.717) is 44.4 Å². The monoisotopic (exact) mass is 723 g/mol. The Kier molecular flexibility index (Phi) is 13.5. The molecule has 3 heterocycles. The van der Waals surface area contributed by atoms with Gasteiger partial charge < -0.3 is 60.8 Å². The van der Waals surface area contributed by atoms with E-state index in [2.05, 4.69) is 23.6 Å². The molecule has 2 saturated carbocycles. The van der Waals surface area contributed by atoms with Crippen LogP contribution >= 0.6 is 0 Å². The number of hydrogen-bond donors (Lipinski definition) is 8. The second-order valence-electron chi connectivity index (χ2n) is 16.8. The van der Waals surface area contributed by atoms with Crippen molar-refractivity contribution < 1.29 is 49.3 Å². The van der Waals surface area contributed by atoms with Crippen LogP contribution in [0.4, 0.5) is 0 Å². The maximum atomic E-state index is 12.8. The average Bonchev–Trinajstić information content (AvgIpc) is 3.49. The summed E-state index contributed by atoms with van der Waals surface area (Å²) in [5.74, 6) is -0.773. The van der Waals surface area contributed by atoms with Crippen LogP contribution in [0.3, 0.4) is 0 Å². The lowest BCUT2D eigenvalue weighted by Crippen LogP contribution is -2.63. The molecule has 0 aromatic heterocycles. The van der Waals surface area contributed by atoms with E-state index in [1.165, 1.54) is 0 Å². The number of carboxylic acid groups (broad SMARTS) is 1. The molecule has 3 aliphatic carbocycles. The molecule has 3 aliphatic heterocycles. The van der Waals surface area contributed by atoms with Crippen LogP contribution in [0.25, 0.3) is 0 Å². The molecule has 17 unspecified atom stereocenters. The van der Waals surface area contributed by atoms with Gasteiger partial charge in [-0.05, 0) is 121 Å². The SMILES string of the molecule is COC1CC(C2CC(O)CC(CCC3CCC(O)C(OCO)C3)O2)CC(OCC2NC(C)CCC23C(C(=O)O)C=CC3C2CCNC(N)C2)C1O. The second kappa shape index (κ2) is 17.5. The zero-order chi connectivity index (χ0) is 36.3. The summed E-state index contributed by atoms with van der Waals surface area (Å²) >= 11 is 0. The fraction of sp³-hybridized carbons (Fsp3) is 0.921. The third-order valence-corrected chi connectivity index (χ3v) is 13.7. The van der Waals surface area contributed by atoms with Gasteiger partial charge in [0.15, 0.2) is 0 Å². The van der Waals surface area contributed by atoms with Gasteiger partial charge in [-0.2, -0.15) is 0 Å². The highest BCUT2D eigenvalue weighted by Gasteiger charge is 2.59. The summed E-state index contributed by atoms with van der Waals surface area (Å²) in [6, 6.07) is -0.0331. The molecular weight excluding hydrogens is 658 g/mol. The molecule has 3 saturated heterocycles. The second-order valence-corrected chi connectivity index (χ2v) is 16.8. The highest BCUT2D eigenvalue weighted by Crippen LogP contribution is 2.56. The molecule has 51 heavy (non-hydrogen) atoms. The van der Waals surface area contributed by atoms with Gasteiger partial charge in [-0.25, -0.2) is 0 Å². The van der Waals surface area contributed by atoms with E-state index in [9.17, 15) is 30.3 Å². The van der Waals surface area contributed by atoms with E-state index in [0.717, 1.165) is 51.5 Å². The van der Waals surface area contributed by atoms with Crippen LogP contribution in [0.5, 0.6) is 0 Å². The number of ether oxygens (including phenoxy) is 4.